The molecule has 0 aromatic heterocycles. The number of aryl methyl sites for hydroxylation is 1. The molecule has 0 aliphatic carbocycles. The van der Waals surface area contributed by atoms with Crippen molar-refractivity contribution in [1.29, 1.82) is 0 Å². The van der Waals surface area contributed by atoms with Gasteiger partial charge in [-0.2, -0.15) is 13.2 Å². The van der Waals surface area contributed by atoms with Gasteiger partial charge in [0.15, 0.2) is 6.61 Å². The maximum Gasteiger partial charge on any atom is 0.416 e. The van der Waals surface area contributed by atoms with Crippen LogP contribution in [0.2, 0.25) is 0 Å². The molecule has 0 bridgehead atoms. The molecule has 0 radical (unpaired) electrons. The Morgan fingerprint density at radius 2 is 1.78 bits per heavy atom. The molecule has 0 saturated carbocycles. The number of rotatable bonds is 9. The van der Waals surface area contributed by atoms with E-state index in [-0.39, 0.29) is 6.61 Å². The number of alkyl halides is 3. The van der Waals surface area contributed by atoms with E-state index in [9.17, 15) is 18.0 Å². The van der Waals surface area contributed by atoms with Crippen LogP contribution in [-0.2, 0) is 15.7 Å². The van der Waals surface area contributed by atoms with Crippen LogP contribution in [0.3, 0.4) is 0 Å². The number of morpholine rings is 1. The minimum Gasteiger partial charge on any atom is -0.489 e. The van der Waals surface area contributed by atoms with Crippen molar-refractivity contribution in [1.82, 2.24) is 4.90 Å². The van der Waals surface area contributed by atoms with Crippen LogP contribution in [0.25, 0.3) is 5.57 Å². The van der Waals surface area contributed by atoms with E-state index in [2.05, 4.69) is 16.7 Å². The van der Waals surface area contributed by atoms with E-state index in [0.717, 1.165) is 36.3 Å². The van der Waals surface area contributed by atoms with E-state index in [0.29, 0.717) is 48.0 Å². The first-order valence-corrected chi connectivity index (χ1v) is 13.0. The van der Waals surface area contributed by atoms with E-state index in [1.165, 1.54) is 6.07 Å². The minimum absolute atomic E-state index is 0.0848. The predicted molar refractivity (Wildman–Crippen MR) is 149 cm³/mol. The summed E-state index contributed by atoms with van der Waals surface area (Å²) in [5.41, 5.74) is 2.48. The Bertz CT molecular complexity index is 1430. The summed E-state index contributed by atoms with van der Waals surface area (Å²) in [5.74, 6) is 6.18. The van der Waals surface area contributed by atoms with Gasteiger partial charge in [0.05, 0.1) is 25.3 Å². The molecule has 1 fully saturated rings. The van der Waals surface area contributed by atoms with E-state index in [1.807, 2.05) is 24.3 Å². The highest BCUT2D eigenvalue weighted by atomic mass is 19.4. The molecule has 3 aromatic carbocycles. The van der Waals surface area contributed by atoms with Crippen LogP contribution >= 0.6 is 0 Å². The number of carboxylic acids is 1. The molecule has 1 aliphatic rings. The number of carbonyl (C=O) groups is 1. The molecule has 6 nitrogen and oxygen atoms in total. The maximum absolute atomic E-state index is 13.5. The lowest BCUT2D eigenvalue weighted by Gasteiger charge is -2.24. The van der Waals surface area contributed by atoms with E-state index in [4.69, 9.17) is 19.3 Å². The smallest absolute Gasteiger partial charge is 0.416 e. The number of benzene rings is 3. The van der Waals surface area contributed by atoms with Crippen molar-refractivity contribution >= 4 is 11.5 Å². The molecule has 1 saturated heterocycles. The number of nitrogens with zero attached hydrogens (tertiary/aromatic N) is 1. The number of halogens is 3. The van der Waals surface area contributed by atoms with Gasteiger partial charge < -0.3 is 19.3 Å². The molecule has 0 atom stereocenters. The molecule has 0 spiro atoms. The van der Waals surface area contributed by atoms with Crippen molar-refractivity contribution in [3.05, 3.63) is 101 Å². The van der Waals surface area contributed by atoms with Crippen LogP contribution in [0.15, 0.2) is 72.8 Å². The van der Waals surface area contributed by atoms with Crippen LogP contribution in [-0.4, -0.2) is 62.0 Å². The summed E-state index contributed by atoms with van der Waals surface area (Å²) in [6.07, 6.45) is -2.74. The molecule has 1 N–H and O–H groups in total. The molecule has 1 heterocycles. The molecule has 214 valence electrons. The van der Waals surface area contributed by atoms with Gasteiger partial charge in [-0.15, -0.1) is 0 Å². The minimum atomic E-state index is -4.47. The van der Waals surface area contributed by atoms with Gasteiger partial charge in [-0.1, -0.05) is 36.1 Å². The van der Waals surface area contributed by atoms with Gasteiger partial charge in [-0.05, 0) is 77.7 Å². The Hall–Kier alpha value is -4.26. The van der Waals surface area contributed by atoms with Gasteiger partial charge in [0.25, 0.3) is 0 Å². The summed E-state index contributed by atoms with van der Waals surface area (Å²) in [5, 5.41) is 8.81. The second kappa shape index (κ2) is 13.9. The quantitative estimate of drug-likeness (QED) is 0.337. The highest BCUT2D eigenvalue weighted by Gasteiger charge is 2.30. The lowest BCUT2D eigenvalue weighted by atomic mass is 9.95. The van der Waals surface area contributed by atoms with Crippen LogP contribution in [0.5, 0.6) is 11.5 Å². The maximum atomic E-state index is 13.5. The Kier molecular flexibility index (Phi) is 10.1. The molecule has 0 amide bonds. The lowest BCUT2D eigenvalue weighted by molar-refractivity contribution is -0.139. The van der Waals surface area contributed by atoms with E-state index in [1.54, 1.807) is 37.3 Å². The lowest BCUT2D eigenvalue weighted by Crippen LogP contribution is -2.36. The van der Waals surface area contributed by atoms with Crippen LogP contribution in [0.1, 0.15) is 27.8 Å². The molecule has 3 aromatic rings. The van der Waals surface area contributed by atoms with Gasteiger partial charge in [0, 0.05) is 18.7 Å². The van der Waals surface area contributed by atoms with Crippen molar-refractivity contribution in [3.8, 4) is 23.3 Å². The van der Waals surface area contributed by atoms with E-state index < -0.39 is 24.3 Å². The fraction of sp³-hybridized carbons (Fsp3) is 0.281. The zero-order valence-electron chi connectivity index (χ0n) is 22.5. The third-order valence-corrected chi connectivity index (χ3v) is 6.37. The molecule has 41 heavy (non-hydrogen) atoms. The van der Waals surface area contributed by atoms with Crippen molar-refractivity contribution in [2.24, 2.45) is 0 Å². The fourth-order valence-corrected chi connectivity index (χ4v) is 4.25. The van der Waals surface area contributed by atoms with Crippen LogP contribution in [0.4, 0.5) is 13.2 Å². The highest BCUT2D eigenvalue weighted by molar-refractivity contribution is 5.80. The van der Waals surface area contributed by atoms with Crippen molar-refractivity contribution < 1.29 is 37.3 Å². The van der Waals surface area contributed by atoms with Gasteiger partial charge in [-0.3, -0.25) is 4.90 Å². The molecular formula is C32H30F3NO5. The largest absolute Gasteiger partial charge is 0.489 e. The van der Waals surface area contributed by atoms with Gasteiger partial charge in [0.2, 0.25) is 0 Å². The zero-order valence-corrected chi connectivity index (χ0v) is 22.5. The zero-order chi connectivity index (χ0) is 29.2. The first-order chi connectivity index (χ1) is 19.7. The molecule has 1 aliphatic heterocycles. The summed E-state index contributed by atoms with van der Waals surface area (Å²) in [4.78, 5) is 13.0. The summed E-state index contributed by atoms with van der Waals surface area (Å²) in [7, 11) is 0. The number of ether oxygens (including phenoxy) is 3. The van der Waals surface area contributed by atoms with E-state index >= 15 is 0 Å². The third-order valence-electron chi connectivity index (χ3n) is 6.37. The molecule has 4 rings (SSSR count). The standard InChI is InChI=1S/C32H30F3NO5/c1-23-20-28(11-12-30(23)41-22-31(37)38)40-17-13-29(26-5-2-6-27(21-26)32(33,34)35)25-9-7-24(8-10-25)4-3-14-36-15-18-39-19-16-36/h2,5-13,20-21H,14-19,22H2,1H3,(H,37,38)/b29-13+. The third kappa shape index (κ3) is 8.87. The van der Waals surface area contributed by atoms with Crippen LogP contribution in [0, 0.1) is 18.8 Å². The predicted octanol–water partition coefficient (Wildman–Crippen LogP) is 5.67. The SMILES string of the molecule is Cc1cc(OC/C=C(\c2ccc(C#CCN3CCOCC3)cc2)c2cccc(C(F)(F)F)c2)ccc1OCC(=O)O. The summed E-state index contributed by atoms with van der Waals surface area (Å²) < 4.78 is 56.9. The molecular weight excluding hydrogens is 535 g/mol. The Labute approximate surface area is 237 Å². The number of hydrogen-bond donors (Lipinski definition) is 1. The second-order valence-electron chi connectivity index (χ2n) is 9.38. The average Bonchev–Trinajstić information content (AvgIpc) is 2.95. The summed E-state index contributed by atoms with van der Waals surface area (Å²) in [6, 6.07) is 17.5. The van der Waals surface area contributed by atoms with Crippen molar-refractivity contribution in [2.75, 3.05) is 46.1 Å². The Balaban J connectivity index is 1.53. The molecule has 0 unspecified atom stereocenters. The fourth-order valence-electron chi connectivity index (χ4n) is 4.25. The summed E-state index contributed by atoms with van der Waals surface area (Å²) in [6.45, 7) is 5.15. The second-order valence-corrected chi connectivity index (χ2v) is 9.38. The molecule has 9 heteroatoms. The normalized spacial score (nSPS) is 14.2. The number of carboxylic acid groups (broad SMARTS) is 1. The van der Waals surface area contributed by atoms with Crippen LogP contribution < -0.4 is 9.47 Å². The Morgan fingerprint density at radius 1 is 1.02 bits per heavy atom. The number of aliphatic carboxylic acids is 1. The first kappa shape index (κ1) is 29.7. The Morgan fingerprint density at radius 3 is 2.46 bits per heavy atom. The average molecular weight is 566 g/mol. The number of hydrogen-bond acceptors (Lipinski definition) is 5. The monoisotopic (exact) mass is 565 g/mol. The highest BCUT2D eigenvalue weighted by Crippen LogP contribution is 2.33. The van der Waals surface area contributed by atoms with Gasteiger partial charge in [-0.25, -0.2) is 4.79 Å². The van der Waals surface area contributed by atoms with Crippen molar-refractivity contribution in [3.63, 3.8) is 0 Å². The van der Waals surface area contributed by atoms with Crippen molar-refractivity contribution in [2.45, 2.75) is 13.1 Å². The summed E-state index contributed by atoms with van der Waals surface area (Å²) >= 11 is 0. The van der Waals surface area contributed by atoms with Gasteiger partial charge >= 0.3 is 12.1 Å². The first-order valence-electron chi connectivity index (χ1n) is 13.0. The topological polar surface area (TPSA) is 68.2 Å². The van der Waals surface area contributed by atoms with Gasteiger partial charge in [0.1, 0.15) is 18.1 Å².